The van der Waals surface area contributed by atoms with E-state index in [1.165, 1.54) is 12.1 Å². The molecule has 0 saturated heterocycles. The van der Waals surface area contributed by atoms with Crippen molar-refractivity contribution in [3.8, 4) is 11.5 Å². The summed E-state index contributed by atoms with van der Waals surface area (Å²) < 4.78 is 45.8. The third-order valence-electron chi connectivity index (χ3n) is 3.26. The molecule has 5 heteroatoms. The second kappa shape index (κ2) is 6.52. The van der Waals surface area contributed by atoms with Gasteiger partial charge < -0.3 is 9.47 Å². The van der Waals surface area contributed by atoms with Crippen LogP contribution in [0.5, 0.6) is 11.5 Å². The minimum Gasteiger partial charge on any atom is -0.489 e. The lowest BCUT2D eigenvalue weighted by Gasteiger charge is -2.19. The molecule has 2 rings (SSSR count). The van der Waals surface area contributed by atoms with Crippen molar-refractivity contribution in [1.29, 1.82) is 0 Å². The van der Waals surface area contributed by atoms with E-state index in [2.05, 4.69) is 25.5 Å². The van der Waals surface area contributed by atoms with Gasteiger partial charge in [0.05, 0.1) is 0 Å². The fourth-order valence-corrected chi connectivity index (χ4v) is 2.01. The van der Waals surface area contributed by atoms with E-state index in [9.17, 15) is 13.2 Å². The number of halogens is 3. The lowest BCUT2D eigenvalue weighted by Crippen LogP contribution is -2.17. The minimum atomic E-state index is -4.68. The Labute approximate surface area is 133 Å². The van der Waals surface area contributed by atoms with Gasteiger partial charge in [0.2, 0.25) is 0 Å². The standard InChI is InChI=1S/C18H19F3O2/c1-17(2,3)14-5-4-6-16(11-14)22-12-13-7-9-15(10-8-13)23-18(19,20)21/h4-11H,12H2,1-3H3. The summed E-state index contributed by atoms with van der Waals surface area (Å²) in [7, 11) is 0. The Kier molecular flexibility index (Phi) is 4.88. The Balaban J connectivity index is 1.99. The third kappa shape index (κ3) is 5.51. The van der Waals surface area contributed by atoms with Crippen molar-refractivity contribution in [2.75, 3.05) is 0 Å². The van der Waals surface area contributed by atoms with E-state index in [0.717, 1.165) is 16.9 Å². The molecule has 0 N–H and O–H groups in total. The maximum atomic E-state index is 12.1. The third-order valence-corrected chi connectivity index (χ3v) is 3.26. The van der Waals surface area contributed by atoms with Crippen LogP contribution in [0.3, 0.4) is 0 Å². The molecule has 124 valence electrons. The van der Waals surface area contributed by atoms with E-state index < -0.39 is 6.36 Å². The number of alkyl halides is 3. The fourth-order valence-electron chi connectivity index (χ4n) is 2.01. The van der Waals surface area contributed by atoms with Gasteiger partial charge in [-0.2, -0.15) is 0 Å². The van der Waals surface area contributed by atoms with E-state index in [0.29, 0.717) is 0 Å². The average molecular weight is 324 g/mol. The first-order valence-electron chi connectivity index (χ1n) is 7.21. The van der Waals surface area contributed by atoms with Crippen LogP contribution in [0.4, 0.5) is 13.2 Å². The van der Waals surface area contributed by atoms with Gasteiger partial charge in [-0.1, -0.05) is 45.0 Å². The van der Waals surface area contributed by atoms with Gasteiger partial charge in [-0.25, -0.2) is 0 Å². The monoisotopic (exact) mass is 324 g/mol. The number of benzene rings is 2. The van der Waals surface area contributed by atoms with Crippen LogP contribution < -0.4 is 9.47 Å². The Morgan fingerprint density at radius 1 is 0.870 bits per heavy atom. The maximum absolute atomic E-state index is 12.1. The first kappa shape index (κ1) is 17.2. The predicted molar refractivity (Wildman–Crippen MR) is 82.6 cm³/mol. The maximum Gasteiger partial charge on any atom is 0.573 e. The van der Waals surface area contributed by atoms with Gasteiger partial charge in [-0.15, -0.1) is 13.2 Å². The van der Waals surface area contributed by atoms with Crippen LogP contribution in [0, 0.1) is 0 Å². The summed E-state index contributed by atoms with van der Waals surface area (Å²) in [6.07, 6.45) is -4.68. The second-order valence-electron chi connectivity index (χ2n) is 6.26. The minimum absolute atomic E-state index is 0.0238. The summed E-state index contributed by atoms with van der Waals surface area (Å²) in [6.45, 7) is 6.63. The molecule has 2 aromatic carbocycles. The SMILES string of the molecule is CC(C)(C)c1cccc(OCc2ccc(OC(F)(F)F)cc2)c1. The number of rotatable bonds is 4. The van der Waals surface area contributed by atoms with E-state index in [1.54, 1.807) is 12.1 Å². The first-order chi connectivity index (χ1) is 10.6. The Morgan fingerprint density at radius 2 is 1.52 bits per heavy atom. The lowest BCUT2D eigenvalue weighted by atomic mass is 9.87. The van der Waals surface area contributed by atoms with Crippen LogP contribution in [0.2, 0.25) is 0 Å². The van der Waals surface area contributed by atoms with E-state index in [1.807, 2.05) is 24.3 Å². The molecular weight excluding hydrogens is 305 g/mol. The summed E-state index contributed by atoms with van der Waals surface area (Å²) in [5.41, 5.74) is 1.94. The van der Waals surface area contributed by atoms with Crippen LogP contribution in [-0.4, -0.2) is 6.36 Å². The van der Waals surface area contributed by atoms with E-state index >= 15 is 0 Å². The van der Waals surface area contributed by atoms with Crippen molar-refractivity contribution < 1.29 is 22.6 Å². The summed E-state index contributed by atoms with van der Waals surface area (Å²) in [6, 6.07) is 13.4. The topological polar surface area (TPSA) is 18.5 Å². The molecule has 0 aliphatic rings. The molecule has 23 heavy (non-hydrogen) atoms. The highest BCUT2D eigenvalue weighted by molar-refractivity contribution is 5.33. The van der Waals surface area contributed by atoms with E-state index in [-0.39, 0.29) is 17.8 Å². The molecule has 2 nitrogen and oxygen atoms in total. The van der Waals surface area contributed by atoms with Gasteiger partial charge in [0, 0.05) is 0 Å². The van der Waals surface area contributed by atoms with Gasteiger partial charge in [0.15, 0.2) is 0 Å². The normalized spacial score (nSPS) is 12.1. The van der Waals surface area contributed by atoms with Gasteiger partial charge in [0.25, 0.3) is 0 Å². The zero-order valence-electron chi connectivity index (χ0n) is 13.3. The van der Waals surface area contributed by atoms with Crippen molar-refractivity contribution in [2.45, 2.75) is 39.2 Å². The average Bonchev–Trinajstić information content (AvgIpc) is 2.44. The summed E-state index contributed by atoms with van der Waals surface area (Å²) >= 11 is 0. The molecule has 0 spiro atoms. The molecule has 0 fully saturated rings. The smallest absolute Gasteiger partial charge is 0.489 e. The molecule has 0 heterocycles. The molecule has 0 aliphatic carbocycles. The van der Waals surface area contributed by atoms with Gasteiger partial charge >= 0.3 is 6.36 Å². The molecule has 2 aromatic rings. The van der Waals surface area contributed by atoms with E-state index in [4.69, 9.17) is 4.74 Å². The molecule has 0 atom stereocenters. The van der Waals surface area contributed by atoms with Crippen molar-refractivity contribution in [3.63, 3.8) is 0 Å². The molecule has 0 bridgehead atoms. The fraction of sp³-hybridized carbons (Fsp3) is 0.333. The number of hydrogen-bond donors (Lipinski definition) is 0. The Bertz CT molecular complexity index is 641. The number of ether oxygens (including phenoxy) is 2. The molecule has 0 saturated carbocycles. The molecule has 0 radical (unpaired) electrons. The lowest BCUT2D eigenvalue weighted by molar-refractivity contribution is -0.274. The van der Waals surface area contributed by atoms with Crippen molar-refractivity contribution in [3.05, 3.63) is 59.7 Å². The van der Waals surface area contributed by atoms with Crippen LogP contribution in [0.25, 0.3) is 0 Å². The molecular formula is C18H19F3O2. The molecule has 0 amide bonds. The highest BCUT2D eigenvalue weighted by Crippen LogP contribution is 2.26. The van der Waals surface area contributed by atoms with Crippen LogP contribution in [0.15, 0.2) is 48.5 Å². The van der Waals surface area contributed by atoms with Gasteiger partial charge in [-0.05, 0) is 40.8 Å². The number of hydrogen-bond acceptors (Lipinski definition) is 2. The Hall–Kier alpha value is -2.17. The van der Waals surface area contributed by atoms with Crippen LogP contribution in [0.1, 0.15) is 31.9 Å². The second-order valence-corrected chi connectivity index (χ2v) is 6.26. The molecule has 0 aliphatic heterocycles. The van der Waals surface area contributed by atoms with Crippen LogP contribution >= 0.6 is 0 Å². The quantitative estimate of drug-likeness (QED) is 0.743. The molecule has 0 unspecified atom stereocenters. The predicted octanol–water partition coefficient (Wildman–Crippen LogP) is 5.46. The summed E-state index contributed by atoms with van der Waals surface area (Å²) in [5, 5.41) is 0. The highest BCUT2D eigenvalue weighted by atomic mass is 19.4. The van der Waals surface area contributed by atoms with Gasteiger partial charge in [-0.3, -0.25) is 0 Å². The summed E-state index contributed by atoms with van der Waals surface area (Å²) in [4.78, 5) is 0. The zero-order valence-corrected chi connectivity index (χ0v) is 13.3. The highest BCUT2D eigenvalue weighted by Gasteiger charge is 2.30. The van der Waals surface area contributed by atoms with Crippen LogP contribution in [-0.2, 0) is 12.0 Å². The van der Waals surface area contributed by atoms with Crippen molar-refractivity contribution >= 4 is 0 Å². The first-order valence-corrected chi connectivity index (χ1v) is 7.21. The van der Waals surface area contributed by atoms with Crippen molar-refractivity contribution in [1.82, 2.24) is 0 Å². The van der Waals surface area contributed by atoms with Gasteiger partial charge in [0.1, 0.15) is 18.1 Å². The summed E-state index contributed by atoms with van der Waals surface area (Å²) in [5.74, 6) is 0.490. The molecule has 0 aromatic heterocycles. The largest absolute Gasteiger partial charge is 0.573 e. The Morgan fingerprint density at radius 3 is 2.09 bits per heavy atom. The zero-order chi connectivity index (χ0) is 17.1. The van der Waals surface area contributed by atoms with Crippen molar-refractivity contribution in [2.24, 2.45) is 0 Å².